The summed E-state index contributed by atoms with van der Waals surface area (Å²) in [7, 11) is 1.49. The van der Waals surface area contributed by atoms with E-state index in [0.717, 1.165) is 12.1 Å². The van der Waals surface area contributed by atoms with Gasteiger partial charge in [-0.15, -0.1) is 0 Å². The molecule has 0 spiro atoms. The van der Waals surface area contributed by atoms with E-state index in [4.69, 9.17) is 4.74 Å². The van der Waals surface area contributed by atoms with Crippen LogP contribution in [0, 0.1) is 11.6 Å². The number of benzene rings is 2. The molecule has 0 aliphatic carbocycles. The van der Waals surface area contributed by atoms with Crippen molar-refractivity contribution in [3.05, 3.63) is 65.7 Å². The van der Waals surface area contributed by atoms with Gasteiger partial charge in [-0.05, 0) is 48.5 Å². The van der Waals surface area contributed by atoms with Crippen LogP contribution in [0.2, 0.25) is 0 Å². The number of amides is 1. The molecular weight excluding hydrogens is 292 g/mol. The lowest BCUT2D eigenvalue weighted by atomic mass is 10.2. The molecule has 4 nitrogen and oxygen atoms in total. The summed E-state index contributed by atoms with van der Waals surface area (Å²) in [6.07, 6.45) is 0. The number of likely N-dealkylation sites (N-methyl/N-ethyl adjacent to an activating group) is 1. The fourth-order valence-electron chi connectivity index (χ4n) is 1.70. The molecule has 0 aromatic heterocycles. The number of hydrogen-bond donors (Lipinski definition) is 0. The van der Waals surface area contributed by atoms with Gasteiger partial charge in [-0.25, -0.2) is 13.6 Å². The third-order valence-electron chi connectivity index (χ3n) is 2.99. The van der Waals surface area contributed by atoms with E-state index < -0.39 is 30.1 Å². The van der Waals surface area contributed by atoms with Gasteiger partial charge < -0.3 is 9.64 Å². The van der Waals surface area contributed by atoms with Crippen molar-refractivity contribution >= 4 is 17.6 Å². The highest BCUT2D eigenvalue weighted by Crippen LogP contribution is 2.13. The predicted molar refractivity (Wildman–Crippen MR) is 76.5 cm³/mol. The number of halogens is 2. The molecule has 114 valence electrons. The van der Waals surface area contributed by atoms with Gasteiger partial charge in [0.25, 0.3) is 5.91 Å². The Bertz CT molecular complexity index is 669. The fraction of sp³-hybridized carbons (Fsp3) is 0.125. The Labute approximate surface area is 125 Å². The lowest BCUT2D eigenvalue weighted by Crippen LogP contribution is -2.31. The Morgan fingerprint density at radius 3 is 2.00 bits per heavy atom. The highest BCUT2D eigenvalue weighted by Gasteiger charge is 2.14. The van der Waals surface area contributed by atoms with E-state index in [9.17, 15) is 18.4 Å². The third kappa shape index (κ3) is 3.88. The number of carbonyl (C=O) groups is 2. The van der Waals surface area contributed by atoms with Crippen LogP contribution in [0.15, 0.2) is 48.5 Å². The van der Waals surface area contributed by atoms with Crippen LogP contribution in [-0.4, -0.2) is 25.5 Å². The largest absolute Gasteiger partial charge is 0.452 e. The van der Waals surface area contributed by atoms with Crippen LogP contribution in [0.3, 0.4) is 0 Å². The molecular formula is C16H13F2NO3. The van der Waals surface area contributed by atoms with Gasteiger partial charge in [0.1, 0.15) is 11.6 Å². The number of anilines is 1. The maximum atomic E-state index is 12.8. The number of carbonyl (C=O) groups excluding carboxylic acids is 2. The van der Waals surface area contributed by atoms with Crippen molar-refractivity contribution in [3.63, 3.8) is 0 Å². The Morgan fingerprint density at radius 1 is 0.955 bits per heavy atom. The highest BCUT2D eigenvalue weighted by atomic mass is 19.1. The minimum atomic E-state index is -0.721. The first-order valence-corrected chi connectivity index (χ1v) is 6.42. The Morgan fingerprint density at radius 2 is 1.45 bits per heavy atom. The minimum Gasteiger partial charge on any atom is -0.452 e. The molecule has 0 aliphatic heterocycles. The van der Waals surface area contributed by atoms with Crippen molar-refractivity contribution in [2.24, 2.45) is 0 Å². The molecule has 6 heteroatoms. The number of hydrogen-bond acceptors (Lipinski definition) is 3. The summed E-state index contributed by atoms with van der Waals surface area (Å²) in [6.45, 7) is -0.468. The van der Waals surface area contributed by atoms with Gasteiger partial charge in [-0.2, -0.15) is 0 Å². The van der Waals surface area contributed by atoms with Crippen LogP contribution in [0.25, 0.3) is 0 Å². The molecule has 0 N–H and O–H groups in total. The molecule has 0 saturated heterocycles. The molecule has 2 rings (SSSR count). The smallest absolute Gasteiger partial charge is 0.338 e. The lowest BCUT2D eigenvalue weighted by molar-refractivity contribution is -0.121. The summed E-state index contributed by atoms with van der Waals surface area (Å²) in [5, 5.41) is 0. The second kappa shape index (κ2) is 6.80. The van der Waals surface area contributed by atoms with E-state index in [1.54, 1.807) is 0 Å². The molecule has 2 aromatic carbocycles. The molecule has 0 fully saturated rings. The average Bonchev–Trinajstić information content (AvgIpc) is 2.53. The first-order valence-electron chi connectivity index (χ1n) is 6.42. The minimum absolute atomic E-state index is 0.152. The van der Waals surface area contributed by atoms with Gasteiger partial charge in [0.15, 0.2) is 6.61 Å². The molecule has 2 aromatic rings. The molecule has 0 radical (unpaired) electrons. The number of esters is 1. The van der Waals surface area contributed by atoms with Gasteiger partial charge in [0.2, 0.25) is 0 Å². The monoisotopic (exact) mass is 305 g/mol. The summed E-state index contributed by atoms with van der Waals surface area (Å²) in [5.41, 5.74) is 0.628. The predicted octanol–water partition coefficient (Wildman–Crippen LogP) is 2.78. The Kier molecular flexibility index (Phi) is 4.83. The zero-order valence-corrected chi connectivity index (χ0v) is 11.8. The quantitative estimate of drug-likeness (QED) is 0.816. The highest BCUT2D eigenvalue weighted by molar-refractivity contribution is 5.96. The molecule has 0 heterocycles. The maximum Gasteiger partial charge on any atom is 0.338 e. The van der Waals surface area contributed by atoms with E-state index in [-0.39, 0.29) is 5.56 Å². The van der Waals surface area contributed by atoms with Crippen molar-refractivity contribution in [2.75, 3.05) is 18.6 Å². The zero-order chi connectivity index (χ0) is 16.1. The van der Waals surface area contributed by atoms with Crippen LogP contribution in [0.1, 0.15) is 10.4 Å². The Balaban J connectivity index is 1.93. The summed E-state index contributed by atoms with van der Waals surface area (Å²) >= 11 is 0. The molecule has 0 bridgehead atoms. The SMILES string of the molecule is CN(C(=O)COC(=O)c1ccc(F)cc1)c1ccc(F)cc1. The lowest BCUT2D eigenvalue weighted by Gasteiger charge is -2.17. The topological polar surface area (TPSA) is 46.6 Å². The molecule has 1 amide bonds. The van der Waals surface area contributed by atoms with Crippen molar-refractivity contribution in [2.45, 2.75) is 0 Å². The molecule has 0 unspecified atom stereocenters. The van der Waals surface area contributed by atoms with Crippen molar-refractivity contribution in [1.29, 1.82) is 0 Å². The van der Waals surface area contributed by atoms with Gasteiger partial charge in [-0.3, -0.25) is 4.79 Å². The summed E-state index contributed by atoms with van der Waals surface area (Å²) in [6, 6.07) is 10.1. The van der Waals surface area contributed by atoms with Crippen LogP contribution < -0.4 is 4.90 Å². The normalized spacial score (nSPS) is 10.1. The zero-order valence-electron chi connectivity index (χ0n) is 11.8. The summed E-state index contributed by atoms with van der Waals surface area (Å²) in [5.74, 6) is -2.07. The van der Waals surface area contributed by atoms with Crippen LogP contribution in [-0.2, 0) is 9.53 Å². The van der Waals surface area contributed by atoms with Crippen molar-refractivity contribution < 1.29 is 23.1 Å². The number of rotatable bonds is 4. The van der Waals surface area contributed by atoms with Gasteiger partial charge in [0, 0.05) is 12.7 Å². The standard InChI is InChI=1S/C16H13F2NO3/c1-19(14-8-6-13(18)7-9-14)15(20)10-22-16(21)11-2-4-12(17)5-3-11/h2-9H,10H2,1H3. The molecule has 0 aliphatic rings. The second-order valence-corrected chi connectivity index (χ2v) is 4.51. The molecule has 22 heavy (non-hydrogen) atoms. The van der Waals surface area contributed by atoms with E-state index >= 15 is 0 Å². The van der Waals surface area contributed by atoms with Crippen LogP contribution in [0.4, 0.5) is 14.5 Å². The summed E-state index contributed by atoms with van der Waals surface area (Å²) in [4.78, 5) is 24.9. The van der Waals surface area contributed by atoms with E-state index in [1.807, 2.05) is 0 Å². The number of nitrogens with zero attached hydrogens (tertiary/aromatic N) is 1. The van der Waals surface area contributed by atoms with Gasteiger partial charge in [0.05, 0.1) is 5.56 Å². The Hall–Kier alpha value is -2.76. The van der Waals surface area contributed by atoms with Crippen LogP contribution >= 0.6 is 0 Å². The van der Waals surface area contributed by atoms with E-state index in [2.05, 4.69) is 0 Å². The van der Waals surface area contributed by atoms with E-state index in [1.165, 1.54) is 48.3 Å². The van der Waals surface area contributed by atoms with Crippen molar-refractivity contribution in [1.82, 2.24) is 0 Å². The first-order chi connectivity index (χ1) is 10.5. The molecule has 0 atom stereocenters. The first kappa shape index (κ1) is 15.6. The van der Waals surface area contributed by atoms with Crippen LogP contribution in [0.5, 0.6) is 0 Å². The third-order valence-corrected chi connectivity index (χ3v) is 2.99. The summed E-state index contributed by atoms with van der Waals surface area (Å²) < 4.78 is 30.4. The van der Waals surface area contributed by atoms with Crippen molar-refractivity contribution in [3.8, 4) is 0 Å². The molecule has 0 saturated carbocycles. The van der Waals surface area contributed by atoms with Gasteiger partial charge >= 0.3 is 5.97 Å². The van der Waals surface area contributed by atoms with E-state index in [0.29, 0.717) is 5.69 Å². The number of ether oxygens (including phenoxy) is 1. The second-order valence-electron chi connectivity index (χ2n) is 4.51. The fourth-order valence-corrected chi connectivity index (χ4v) is 1.70. The average molecular weight is 305 g/mol. The van der Waals surface area contributed by atoms with Gasteiger partial charge in [-0.1, -0.05) is 0 Å². The maximum absolute atomic E-state index is 12.8.